The summed E-state index contributed by atoms with van der Waals surface area (Å²) < 4.78 is 13.3. The van der Waals surface area contributed by atoms with Gasteiger partial charge < -0.3 is 10.0 Å². The third-order valence-electron chi connectivity index (χ3n) is 2.76. The molecular weight excluding hydrogens is 289 g/mol. The van der Waals surface area contributed by atoms with Crippen LogP contribution < -0.4 is 0 Å². The number of amides is 1. The van der Waals surface area contributed by atoms with Crippen molar-refractivity contribution in [3.8, 4) is 0 Å². The molecule has 0 atom stereocenters. The normalized spacial score (nSPS) is 11.4. The SMILES string of the molecule is CN(C(=O)c1ccc(F)cc1Br)C(C)(C)CO. The molecule has 0 radical (unpaired) electrons. The molecule has 0 saturated carbocycles. The van der Waals surface area contributed by atoms with Crippen LogP contribution in [0.15, 0.2) is 22.7 Å². The lowest BCUT2D eigenvalue weighted by Crippen LogP contribution is -2.47. The number of likely N-dealkylation sites (N-methyl/N-ethyl adjacent to an activating group) is 1. The molecule has 1 aromatic rings. The van der Waals surface area contributed by atoms with Crippen LogP contribution in [0.3, 0.4) is 0 Å². The smallest absolute Gasteiger partial charge is 0.255 e. The summed E-state index contributed by atoms with van der Waals surface area (Å²) in [6.45, 7) is 3.36. The molecule has 1 amide bonds. The maximum atomic E-state index is 12.9. The molecule has 0 aliphatic heterocycles. The molecule has 5 heteroatoms. The summed E-state index contributed by atoms with van der Waals surface area (Å²) in [4.78, 5) is 13.6. The number of halogens is 2. The van der Waals surface area contributed by atoms with E-state index in [0.29, 0.717) is 10.0 Å². The maximum Gasteiger partial charge on any atom is 0.255 e. The maximum absolute atomic E-state index is 12.9. The Bertz CT molecular complexity index is 435. The minimum atomic E-state index is -0.662. The van der Waals surface area contributed by atoms with E-state index in [-0.39, 0.29) is 12.5 Å². The quantitative estimate of drug-likeness (QED) is 0.932. The number of aliphatic hydroxyl groups excluding tert-OH is 1. The van der Waals surface area contributed by atoms with Gasteiger partial charge in [0.05, 0.1) is 17.7 Å². The first-order valence-electron chi connectivity index (χ1n) is 5.13. The van der Waals surface area contributed by atoms with Crippen LogP contribution in [0.25, 0.3) is 0 Å². The zero-order valence-electron chi connectivity index (χ0n) is 10.00. The van der Waals surface area contributed by atoms with Gasteiger partial charge in [-0.15, -0.1) is 0 Å². The summed E-state index contributed by atoms with van der Waals surface area (Å²) in [6.07, 6.45) is 0. The molecule has 1 rings (SSSR count). The van der Waals surface area contributed by atoms with Gasteiger partial charge in [-0.25, -0.2) is 4.39 Å². The highest BCUT2D eigenvalue weighted by atomic mass is 79.9. The molecule has 0 saturated heterocycles. The van der Waals surface area contributed by atoms with E-state index >= 15 is 0 Å². The van der Waals surface area contributed by atoms with Crippen molar-refractivity contribution in [3.05, 3.63) is 34.1 Å². The first kappa shape index (κ1) is 14.1. The van der Waals surface area contributed by atoms with E-state index in [1.165, 1.54) is 23.1 Å². The van der Waals surface area contributed by atoms with Crippen LogP contribution in [0, 0.1) is 5.82 Å². The summed E-state index contributed by atoms with van der Waals surface area (Å²) in [6, 6.07) is 3.90. The van der Waals surface area contributed by atoms with Gasteiger partial charge in [-0.1, -0.05) is 0 Å². The van der Waals surface area contributed by atoms with Crippen LogP contribution in [0.2, 0.25) is 0 Å². The third kappa shape index (κ3) is 3.04. The number of hydrogen-bond acceptors (Lipinski definition) is 2. The Hall–Kier alpha value is -0.940. The van der Waals surface area contributed by atoms with Gasteiger partial charge in [0.25, 0.3) is 5.91 Å². The summed E-state index contributed by atoms with van der Waals surface area (Å²) in [5, 5.41) is 9.21. The fourth-order valence-electron chi connectivity index (χ4n) is 1.22. The summed E-state index contributed by atoms with van der Waals surface area (Å²) in [7, 11) is 1.61. The Balaban J connectivity index is 3.05. The average molecular weight is 304 g/mol. The van der Waals surface area contributed by atoms with Crippen molar-refractivity contribution < 1.29 is 14.3 Å². The van der Waals surface area contributed by atoms with Crippen LogP contribution in [0.1, 0.15) is 24.2 Å². The van der Waals surface area contributed by atoms with E-state index in [0.717, 1.165) is 0 Å². The molecule has 0 fully saturated rings. The number of benzene rings is 1. The first-order chi connectivity index (χ1) is 7.79. The molecule has 0 unspecified atom stereocenters. The Labute approximate surface area is 108 Å². The highest BCUT2D eigenvalue weighted by molar-refractivity contribution is 9.10. The van der Waals surface area contributed by atoms with Gasteiger partial charge in [-0.2, -0.15) is 0 Å². The molecule has 3 nitrogen and oxygen atoms in total. The first-order valence-corrected chi connectivity index (χ1v) is 5.93. The molecule has 1 N–H and O–H groups in total. The fourth-order valence-corrected chi connectivity index (χ4v) is 1.75. The van der Waals surface area contributed by atoms with E-state index in [2.05, 4.69) is 15.9 Å². The molecule has 17 heavy (non-hydrogen) atoms. The Morgan fingerprint density at radius 1 is 1.53 bits per heavy atom. The third-order valence-corrected chi connectivity index (χ3v) is 3.42. The highest BCUT2D eigenvalue weighted by Crippen LogP contribution is 2.22. The monoisotopic (exact) mass is 303 g/mol. The predicted molar refractivity (Wildman–Crippen MR) is 67.4 cm³/mol. The van der Waals surface area contributed by atoms with Crippen molar-refractivity contribution in [2.24, 2.45) is 0 Å². The number of hydrogen-bond donors (Lipinski definition) is 1. The minimum absolute atomic E-state index is 0.145. The van der Waals surface area contributed by atoms with Gasteiger partial charge in [0.2, 0.25) is 0 Å². The number of carbonyl (C=O) groups is 1. The molecule has 0 bridgehead atoms. The van der Waals surface area contributed by atoms with Crippen molar-refractivity contribution in [3.63, 3.8) is 0 Å². The Morgan fingerprint density at radius 2 is 2.12 bits per heavy atom. The lowest BCUT2D eigenvalue weighted by Gasteiger charge is -2.34. The number of rotatable bonds is 3. The molecule has 0 heterocycles. The van der Waals surface area contributed by atoms with Crippen molar-refractivity contribution in [2.45, 2.75) is 19.4 Å². The van der Waals surface area contributed by atoms with Gasteiger partial charge in [-0.05, 0) is 48.0 Å². The van der Waals surface area contributed by atoms with Crippen LogP contribution in [-0.2, 0) is 0 Å². The van der Waals surface area contributed by atoms with Crippen LogP contribution >= 0.6 is 15.9 Å². The van der Waals surface area contributed by atoms with E-state index in [4.69, 9.17) is 0 Å². The highest BCUT2D eigenvalue weighted by Gasteiger charge is 2.28. The molecule has 0 aliphatic rings. The largest absolute Gasteiger partial charge is 0.394 e. The van der Waals surface area contributed by atoms with Crippen molar-refractivity contribution >= 4 is 21.8 Å². The van der Waals surface area contributed by atoms with Crippen molar-refractivity contribution in [1.82, 2.24) is 4.90 Å². The second-order valence-corrected chi connectivity index (χ2v) is 5.31. The molecule has 94 valence electrons. The molecule has 0 spiro atoms. The van der Waals surface area contributed by atoms with E-state index in [9.17, 15) is 14.3 Å². The summed E-state index contributed by atoms with van der Waals surface area (Å²) in [5.74, 6) is -0.673. The van der Waals surface area contributed by atoms with Crippen LogP contribution in [0.4, 0.5) is 4.39 Å². The van der Waals surface area contributed by atoms with Gasteiger partial charge in [0.15, 0.2) is 0 Å². The van der Waals surface area contributed by atoms with Gasteiger partial charge in [0, 0.05) is 11.5 Å². The molecule has 0 aromatic heterocycles. The zero-order valence-corrected chi connectivity index (χ0v) is 11.6. The second-order valence-electron chi connectivity index (χ2n) is 4.46. The van der Waals surface area contributed by atoms with E-state index in [1.807, 2.05) is 0 Å². The summed E-state index contributed by atoms with van der Waals surface area (Å²) >= 11 is 3.15. The topological polar surface area (TPSA) is 40.5 Å². The summed E-state index contributed by atoms with van der Waals surface area (Å²) in [5.41, 5.74) is -0.291. The number of carbonyl (C=O) groups excluding carboxylic acids is 1. The van der Waals surface area contributed by atoms with Crippen molar-refractivity contribution in [1.29, 1.82) is 0 Å². The van der Waals surface area contributed by atoms with Crippen LogP contribution in [-0.4, -0.2) is 35.1 Å². The minimum Gasteiger partial charge on any atom is -0.394 e. The lowest BCUT2D eigenvalue weighted by atomic mass is 10.0. The molecule has 1 aromatic carbocycles. The van der Waals surface area contributed by atoms with E-state index in [1.54, 1.807) is 20.9 Å². The van der Waals surface area contributed by atoms with Gasteiger partial charge in [0.1, 0.15) is 5.82 Å². The van der Waals surface area contributed by atoms with Crippen LogP contribution in [0.5, 0.6) is 0 Å². The van der Waals surface area contributed by atoms with E-state index < -0.39 is 11.4 Å². The molecular formula is C12H15BrFNO2. The predicted octanol–water partition coefficient (Wildman–Crippen LogP) is 2.43. The number of aliphatic hydroxyl groups is 1. The zero-order chi connectivity index (χ0) is 13.2. The van der Waals surface area contributed by atoms with Gasteiger partial charge >= 0.3 is 0 Å². The Morgan fingerprint density at radius 3 is 2.59 bits per heavy atom. The Kier molecular flexibility index (Phi) is 4.27. The average Bonchev–Trinajstić information content (AvgIpc) is 2.27. The second kappa shape index (κ2) is 5.14. The fraction of sp³-hybridized carbons (Fsp3) is 0.417. The van der Waals surface area contributed by atoms with Crippen molar-refractivity contribution in [2.75, 3.05) is 13.7 Å². The van der Waals surface area contributed by atoms with Gasteiger partial charge in [-0.3, -0.25) is 4.79 Å². The lowest BCUT2D eigenvalue weighted by molar-refractivity contribution is 0.0472. The number of nitrogens with zero attached hydrogens (tertiary/aromatic N) is 1. The molecule has 0 aliphatic carbocycles. The standard InChI is InChI=1S/C12H15BrFNO2/c1-12(2,7-16)15(3)11(17)9-5-4-8(14)6-10(9)13/h4-6,16H,7H2,1-3H3.